The van der Waals surface area contributed by atoms with Crippen LogP contribution in [0.1, 0.15) is 24.0 Å². The zero-order valence-corrected chi connectivity index (χ0v) is 25.2. The van der Waals surface area contributed by atoms with E-state index in [9.17, 15) is 9.59 Å². The molecule has 4 nitrogen and oxygen atoms in total. The second kappa shape index (κ2) is 11.6. The standard InChI is InChI=1S/C42H30O4/c43-37(23-19-27-9-11-33-15-13-29-5-3-7-31-17-21-35(27)41(33)39(29)31)45-25-1-2-26-46-38(44)24-20-28-10-12-34-16-14-30-6-4-8-32-18-22-36(28)42(34)40(30)32/h3-24H,1-2,25-26H2/b23-19+,24-20+. The van der Waals surface area contributed by atoms with Crippen LogP contribution in [0.4, 0.5) is 0 Å². The Balaban J connectivity index is 0.840. The van der Waals surface area contributed by atoms with Crippen molar-refractivity contribution in [1.82, 2.24) is 0 Å². The fourth-order valence-corrected chi connectivity index (χ4v) is 6.77. The maximum atomic E-state index is 12.4. The van der Waals surface area contributed by atoms with E-state index in [1.54, 1.807) is 0 Å². The minimum absolute atomic E-state index is 0.262. The molecule has 0 aromatic heterocycles. The Labute approximate surface area is 265 Å². The third-order valence-electron chi connectivity index (χ3n) is 8.95. The molecule has 8 rings (SSSR count). The normalized spacial score (nSPS) is 12.3. The summed E-state index contributed by atoms with van der Waals surface area (Å²) in [6.45, 7) is 0.523. The third kappa shape index (κ3) is 4.98. The fraction of sp³-hybridized carbons (Fsp3) is 0.0952. The molecule has 0 atom stereocenters. The van der Waals surface area contributed by atoms with E-state index in [1.807, 2.05) is 24.3 Å². The van der Waals surface area contributed by atoms with E-state index in [1.165, 1.54) is 66.0 Å². The van der Waals surface area contributed by atoms with Gasteiger partial charge in [-0.1, -0.05) is 109 Å². The van der Waals surface area contributed by atoms with Gasteiger partial charge in [0, 0.05) is 12.2 Å². The quantitative estimate of drug-likeness (QED) is 0.0718. The summed E-state index contributed by atoms with van der Waals surface area (Å²) in [7, 11) is 0. The van der Waals surface area contributed by atoms with Gasteiger partial charge in [0.15, 0.2) is 0 Å². The van der Waals surface area contributed by atoms with Crippen molar-refractivity contribution < 1.29 is 19.1 Å². The highest BCUT2D eigenvalue weighted by molar-refractivity contribution is 6.25. The second-order valence-corrected chi connectivity index (χ2v) is 11.7. The number of rotatable bonds is 9. The predicted octanol–water partition coefficient (Wildman–Crippen LogP) is 10.1. The van der Waals surface area contributed by atoms with Gasteiger partial charge in [-0.3, -0.25) is 0 Å². The third-order valence-corrected chi connectivity index (χ3v) is 8.95. The van der Waals surface area contributed by atoms with Crippen LogP contribution in [0.3, 0.4) is 0 Å². The van der Waals surface area contributed by atoms with E-state index >= 15 is 0 Å². The number of hydrogen-bond acceptors (Lipinski definition) is 4. The van der Waals surface area contributed by atoms with Gasteiger partial charge >= 0.3 is 11.9 Å². The number of carbonyl (C=O) groups is 2. The van der Waals surface area contributed by atoms with Gasteiger partial charge in [0.1, 0.15) is 0 Å². The predicted molar refractivity (Wildman–Crippen MR) is 190 cm³/mol. The number of ether oxygens (including phenoxy) is 2. The molecular formula is C42H30O4. The van der Waals surface area contributed by atoms with Crippen LogP contribution in [0.2, 0.25) is 0 Å². The fourth-order valence-electron chi connectivity index (χ4n) is 6.77. The molecule has 0 radical (unpaired) electrons. The summed E-state index contributed by atoms with van der Waals surface area (Å²) in [5.41, 5.74) is 1.95. The minimum Gasteiger partial charge on any atom is -0.463 e. The summed E-state index contributed by atoms with van der Waals surface area (Å²) in [6, 6.07) is 38.1. The molecule has 4 heteroatoms. The van der Waals surface area contributed by atoms with Crippen molar-refractivity contribution in [3.8, 4) is 0 Å². The number of carbonyl (C=O) groups excluding carboxylic acids is 2. The van der Waals surface area contributed by atoms with E-state index < -0.39 is 0 Å². The summed E-state index contributed by atoms with van der Waals surface area (Å²) < 4.78 is 10.8. The molecule has 0 unspecified atom stereocenters. The Bertz CT molecular complexity index is 2260. The van der Waals surface area contributed by atoms with Gasteiger partial charge < -0.3 is 9.47 Å². The lowest BCUT2D eigenvalue weighted by Gasteiger charge is -2.12. The molecular weight excluding hydrogens is 568 g/mol. The highest BCUT2D eigenvalue weighted by Gasteiger charge is 2.11. The van der Waals surface area contributed by atoms with E-state index in [4.69, 9.17) is 9.47 Å². The van der Waals surface area contributed by atoms with Crippen molar-refractivity contribution >= 4 is 88.7 Å². The summed E-state index contributed by atoms with van der Waals surface area (Å²) in [5.74, 6) is -0.780. The van der Waals surface area contributed by atoms with Crippen molar-refractivity contribution in [3.63, 3.8) is 0 Å². The molecule has 222 valence electrons. The first-order chi connectivity index (χ1) is 22.6. The van der Waals surface area contributed by atoms with Gasteiger partial charge in [-0.15, -0.1) is 0 Å². The molecule has 0 bridgehead atoms. The van der Waals surface area contributed by atoms with Crippen LogP contribution in [0.5, 0.6) is 0 Å². The van der Waals surface area contributed by atoms with Crippen LogP contribution in [0, 0.1) is 0 Å². The van der Waals surface area contributed by atoms with Gasteiger partial charge in [-0.2, -0.15) is 0 Å². The van der Waals surface area contributed by atoms with Crippen LogP contribution in [0.15, 0.2) is 121 Å². The van der Waals surface area contributed by atoms with Gasteiger partial charge in [0.25, 0.3) is 0 Å². The lowest BCUT2D eigenvalue weighted by Crippen LogP contribution is -2.06. The van der Waals surface area contributed by atoms with Crippen LogP contribution >= 0.6 is 0 Å². The van der Waals surface area contributed by atoms with Crippen molar-refractivity contribution in [2.24, 2.45) is 0 Å². The number of benzene rings is 8. The van der Waals surface area contributed by atoms with Crippen molar-refractivity contribution in [1.29, 1.82) is 0 Å². The number of esters is 2. The molecule has 0 aliphatic heterocycles. The molecule has 0 heterocycles. The Morgan fingerprint density at radius 2 is 0.783 bits per heavy atom. The van der Waals surface area contributed by atoms with E-state index in [0.717, 1.165) is 21.9 Å². The molecule has 0 saturated heterocycles. The molecule has 0 aliphatic carbocycles. The van der Waals surface area contributed by atoms with Crippen molar-refractivity contribution in [2.45, 2.75) is 12.8 Å². The number of unbranched alkanes of at least 4 members (excludes halogenated alkanes) is 1. The van der Waals surface area contributed by atoms with Gasteiger partial charge in [-0.25, -0.2) is 9.59 Å². The van der Waals surface area contributed by atoms with E-state index in [2.05, 4.69) is 97.1 Å². The smallest absolute Gasteiger partial charge is 0.330 e. The van der Waals surface area contributed by atoms with Gasteiger partial charge in [0.05, 0.1) is 13.2 Å². The van der Waals surface area contributed by atoms with Crippen LogP contribution in [-0.4, -0.2) is 25.2 Å². The topological polar surface area (TPSA) is 52.6 Å². The average molecular weight is 599 g/mol. The molecule has 0 spiro atoms. The molecule has 46 heavy (non-hydrogen) atoms. The first kappa shape index (κ1) is 27.8. The zero-order chi connectivity index (χ0) is 31.0. The van der Waals surface area contributed by atoms with Gasteiger partial charge in [-0.05, 0) is 101 Å². The second-order valence-electron chi connectivity index (χ2n) is 11.7. The lowest BCUT2D eigenvalue weighted by molar-refractivity contribution is -0.140. The molecule has 0 fully saturated rings. The monoisotopic (exact) mass is 598 g/mol. The Hall–Kier alpha value is -5.74. The van der Waals surface area contributed by atoms with Crippen LogP contribution in [-0.2, 0) is 19.1 Å². The van der Waals surface area contributed by atoms with Gasteiger partial charge in [0.2, 0.25) is 0 Å². The highest BCUT2D eigenvalue weighted by atomic mass is 16.5. The first-order valence-corrected chi connectivity index (χ1v) is 15.7. The van der Waals surface area contributed by atoms with E-state index in [-0.39, 0.29) is 25.2 Å². The molecule has 0 saturated carbocycles. The Morgan fingerprint density at radius 1 is 0.435 bits per heavy atom. The van der Waals surface area contributed by atoms with Crippen LogP contribution < -0.4 is 0 Å². The highest BCUT2D eigenvalue weighted by Crippen LogP contribution is 2.37. The summed E-state index contributed by atoms with van der Waals surface area (Å²) >= 11 is 0. The minimum atomic E-state index is -0.390. The Morgan fingerprint density at radius 3 is 1.20 bits per heavy atom. The maximum absolute atomic E-state index is 12.4. The van der Waals surface area contributed by atoms with Crippen molar-refractivity contribution in [2.75, 3.05) is 13.2 Å². The summed E-state index contributed by atoms with van der Waals surface area (Å²) in [5, 5.41) is 14.4. The molecule has 0 N–H and O–H groups in total. The zero-order valence-electron chi connectivity index (χ0n) is 25.2. The molecule has 0 aliphatic rings. The maximum Gasteiger partial charge on any atom is 0.330 e. The molecule has 8 aromatic carbocycles. The molecule has 0 amide bonds. The summed E-state index contributed by atoms with van der Waals surface area (Å²) in [6.07, 6.45) is 7.81. The van der Waals surface area contributed by atoms with E-state index in [0.29, 0.717) is 12.8 Å². The lowest BCUT2D eigenvalue weighted by atomic mass is 9.92. The number of hydrogen-bond donors (Lipinski definition) is 0. The SMILES string of the molecule is O=C(/C=C/c1ccc2ccc3cccc4ccc1c2c34)OCCCCOC(=O)/C=C/c1ccc2ccc3cccc4ccc1c2c34. The largest absolute Gasteiger partial charge is 0.463 e. The first-order valence-electron chi connectivity index (χ1n) is 15.7. The van der Waals surface area contributed by atoms with Crippen molar-refractivity contribution in [3.05, 3.63) is 132 Å². The molecule has 8 aromatic rings. The van der Waals surface area contributed by atoms with Crippen LogP contribution in [0.25, 0.3) is 76.8 Å². The summed E-state index contributed by atoms with van der Waals surface area (Å²) in [4.78, 5) is 24.9. The average Bonchev–Trinajstić information content (AvgIpc) is 3.09. The Kier molecular flexibility index (Phi) is 7.03.